The van der Waals surface area contributed by atoms with Crippen LogP contribution >= 0.6 is 0 Å². The molecule has 0 bridgehead atoms. The molecule has 0 amide bonds. The molecule has 162 valence electrons. The average Bonchev–Trinajstić information content (AvgIpc) is 2.80. The topological polar surface area (TPSA) is 117 Å². The van der Waals surface area contributed by atoms with Crippen molar-refractivity contribution in [1.29, 1.82) is 5.26 Å². The predicted molar refractivity (Wildman–Crippen MR) is 112 cm³/mol. The zero-order chi connectivity index (χ0) is 22.7. The maximum atomic E-state index is 13.2. The summed E-state index contributed by atoms with van der Waals surface area (Å²) in [5, 5.41) is 10.00. The number of allylic oxidation sites excluding steroid dienone is 1. The van der Waals surface area contributed by atoms with Gasteiger partial charge in [-0.25, -0.2) is 4.79 Å². The van der Waals surface area contributed by atoms with Gasteiger partial charge in [0.2, 0.25) is 11.8 Å². The Bertz CT molecular complexity index is 1230. The van der Waals surface area contributed by atoms with E-state index in [1.54, 1.807) is 25.1 Å². The monoisotopic (exact) mass is 426 g/mol. The van der Waals surface area contributed by atoms with E-state index < -0.39 is 17.2 Å². The smallest absolute Gasteiger partial charge is 0.333 e. The zero-order valence-corrected chi connectivity index (χ0v) is 17.8. The van der Waals surface area contributed by atoms with E-state index in [9.17, 15) is 14.9 Å². The van der Waals surface area contributed by atoms with Crippen molar-refractivity contribution in [1.82, 2.24) is 9.13 Å². The van der Waals surface area contributed by atoms with Gasteiger partial charge in [-0.2, -0.15) is 10.3 Å². The Labute approximate surface area is 178 Å². The van der Waals surface area contributed by atoms with E-state index in [4.69, 9.17) is 18.9 Å². The SMILES string of the molecule is CCOC=NC1=C(C#N)C(c2cc(OC)ccc2OC)c2c(n(C)c(=O)n(C)c2=O)O1. The first-order valence-corrected chi connectivity index (χ1v) is 9.37. The molecule has 0 saturated carbocycles. The minimum Gasteiger partial charge on any atom is -0.497 e. The van der Waals surface area contributed by atoms with Gasteiger partial charge in [0, 0.05) is 19.7 Å². The molecule has 10 nitrogen and oxygen atoms in total. The van der Waals surface area contributed by atoms with Gasteiger partial charge in [-0.15, -0.1) is 0 Å². The zero-order valence-electron chi connectivity index (χ0n) is 17.8. The highest BCUT2D eigenvalue weighted by molar-refractivity contribution is 5.59. The fourth-order valence-corrected chi connectivity index (χ4v) is 3.38. The van der Waals surface area contributed by atoms with Crippen LogP contribution in [0, 0.1) is 11.3 Å². The van der Waals surface area contributed by atoms with Gasteiger partial charge in [0.25, 0.3) is 5.56 Å². The lowest BCUT2D eigenvalue weighted by Crippen LogP contribution is -2.42. The quantitative estimate of drug-likeness (QED) is 0.506. The number of hydrogen-bond donors (Lipinski definition) is 0. The highest BCUT2D eigenvalue weighted by Gasteiger charge is 2.38. The molecular formula is C21H22N4O6. The van der Waals surface area contributed by atoms with Gasteiger partial charge >= 0.3 is 5.69 Å². The van der Waals surface area contributed by atoms with Crippen LogP contribution in [-0.2, 0) is 18.8 Å². The molecule has 0 saturated heterocycles. The molecule has 1 unspecified atom stereocenters. The van der Waals surface area contributed by atoms with Crippen molar-refractivity contribution in [2.45, 2.75) is 12.8 Å². The minimum atomic E-state index is -0.918. The fourth-order valence-electron chi connectivity index (χ4n) is 3.38. The molecule has 1 aromatic carbocycles. The lowest BCUT2D eigenvalue weighted by molar-refractivity contribution is 0.325. The van der Waals surface area contributed by atoms with Crippen molar-refractivity contribution in [3.63, 3.8) is 0 Å². The number of aliphatic imine (C=N–C) groups is 1. The molecule has 0 aliphatic carbocycles. The highest BCUT2D eigenvalue weighted by atomic mass is 16.5. The Morgan fingerprint density at radius 1 is 1.23 bits per heavy atom. The van der Waals surface area contributed by atoms with Crippen LogP contribution in [0.1, 0.15) is 24.0 Å². The van der Waals surface area contributed by atoms with Crippen LogP contribution < -0.4 is 25.5 Å². The Balaban J connectivity index is 2.43. The molecule has 1 aliphatic heterocycles. The Hall–Kier alpha value is -4.00. The Kier molecular flexibility index (Phi) is 6.15. The molecule has 2 aromatic rings. The largest absolute Gasteiger partial charge is 0.497 e. The first-order chi connectivity index (χ1) is 14.9. The summed E-state index contributed by atoms with van der Waals surface area (Å²) in [5.74, 6) is -0.0807. The second-order valence-electron chi connectivity index (χ2n) is 6.59. The molecule has 10 heteroatoms. The number of methoxy groups -OCH3 is 2. The van der Waals surface area contributed by atoms with Crippen LogP contribution in [0.4, 0.5) is 0 Å². The van der Waals surface area contributed by atoms with Crippen LogP contribution in [0.3, 0.4) is 0 Å². The van der Waals surface area contributed by atoms with Crippen molar-refractivity contribution in [3.8, 4) is 23.4 Å². The van der Waals surface area contributed by atoms with Gasteiger partial charge < -0.3 is 18.9 Å². The summed E-state index contributed by atoms with van der Waals surface area (Å²) in [4.78, 5) is 29.8. The van der Waals surface area contributed by atoms with Crippen LogP contribution in [0.15, 0.2) is 44.2 Å². The summed E-state index contributed by atoms with van der Waals surface area (Å²) in [5.41, 5.74) is -0.501. The van der Waals surface area contributed by atoms with Crippen molar-refractivity contribution in [2.75, 3.05) is 20.8 Å². The van der Waals surface area contributed by atoms with Gasteiger partial charge in [0.15, 0.2) is 6.40 Å². The summed E-state index contributed by atoms with van der Waals surface area (Å²) in [6.07, 6.45) is 1.15. The molecule has 1 atom stereocenters. The third-order valence-electron chi connectivity index (χ3n) is 4.92. The molecule has 2 heterocycles. The molecule has 1 aliphatic rings. The van der Waals surface area contributed by atoms with E-state index in [1.165, 1.54) is 32.9 Å². The summed E-state index contributed by atoms with van der Waals surface area (Å²) >= 11 is 0. The third kappa shape index (κ3) is 3.66. The summed E-state index contributed by atoms with van der Waals surface area (Å²) in [6.45, 7) is 2.14. The van der Waals surface area contributed by atoms with Crippen LogP contribution in [-0.4, -0.2) is 36.4 Å². The average molecular weight is 426 g/mol. The number of ether oxygens (including phenoxy) is 4. The Morgan fingerprint density at radius 2 is 1.97 bits per heavy atom. The second kappa shape index (κ2) is 8.79. The van der Waals surface area contributed by atoms with E-state index in [2.05, 4.69) is 11.1 Å². The van der Waals surface area contributed by atoms with Gasteiger partial charge in [0.05, 0.1) is 32.3 Å². The maximum absolute atomic E-state index is 13.2. The van der Waals surface area contributed by atoms with E-state index in [1.807, 2.05) is 0 Å². The molecule has 0 spiro atoms. The number of benzene rings is 1. The van der Waals surface area contributed by atoms with Gasteiger partial charge in [-0.3, -0.25) is 13.9 Å². The molecule has 0 radical (unpaired) electrons. The van der Waals surface area contributed by atoms with Crippen molar-refractivity contribution in [3.05, 3.63) is 61.6 Å². The van der Waals surface area contributed by atoms with E-state index in [0.717, 1.165) is 11.0 Å². The number of fused-ring (bicyclic) bond motifs is 1. The van der Waals surface area contributed by atoms with E-state index in [0.29, 0.717) is 23.7 Å². The van der Waals surface area contributed by atoms with Crippen LogP contribution in [0.25, 0.3) is 0 Å². The van der Waals surface area contributed by atoms with Crippen LogP contribution in [0.2, 0.25) is 0 Å². The van der Waals surface area contributed by atoms with Gasteiger partial charge in [-0.1, -0.05) is 0 Å². The summed E-state index contributed by atoms with van der Waals surface area (Å²) in [6, 6.07) is 7.14. The number of nitriles is 1. The number of rotatable bonds is 6. The molecule has 1 aromatic heterocycles. The molecule has 3 rings (SSSR count). The Morgan fingerprint density at radius 3 is 2.58 bits per heavy atom. The summed E-state index contributed by atoms with van der Waals surface area (Å²) < 4.78 is 23.9. The standard InChI is InChI=1S/C21H22N4O6/c1-6-30-11-23-18-14(10-22)16(13-9-12(28-4)7-8-15(13)29-5)17-19(26)24(2)21(27)25(3)20(17)31-18/h7-9,11,16H,6H2,1-5H3. The van der Waals surface area contributed by atoms with Crippen molar-refractivity contribution < 1.29 is 18.9 Å². The second-order valence-corrected chi connectivity index (χ2v) is 6.59. The number of hydrogen-bond acceptors (Lipinski definition) is 8. The lowest BCUT2D eigenvalue weighted by atomic mass is 9.84. The van der Waals surface area contributed by atoms with Crippen molar-refractivity contribution >= 4 is 6.40 Å². The molecule has 31 heavy (non-hydrogen) atoms. The lowest BCUT2D eigenvalue weighted by Gasteiger charge is -2.28. The molecule has 0 N–H and O–H groups in total. The molecular weight excluding hydrogens is 404 g/mol. The highest BCUT2D eigenvalue weighted by Crippen LogP contribution is 2.44. The van der Waals surface area contributed by atoms with Crippen LogP contribution in [0.5, 0.6) is 17.4 Å². The number of nitrogens with zero attached hydrogens (tertiary/aromatic N) is 4. The normalized spacial score (nSPS) is 15.3. The number of aromatic nitrogens is 2. The third-order valence-corrected chi connectivity index (χ3v) is 4.92. The van der Waals surface area contributed by atoms with Gasteiger partial charge in [-0.05, 0) is 25.1 Å². The minimum absolute atomic E-state index is 0.00868. The van der Waals surface area contributed by atoms with E-state index in [-0.39, 0.29) is 22.9 Å². The van der Waals surface area contributed by atoms with E-state index >= 15 is 0 Å². The predicted octanol–water partition coefficient (Wildman–Crippen LogP) is 1.43. The summed E-state index contributed by atoms with van der Waals surface area (Å²) in [7, 11) is 5.82. The first-order valence-electron chi connectivity index (χ1n) is 9.37. The van der Waals surface area contributed by atoms with Gasteiger partial charge in [0.1, 0.15) is 23.1 Å². The van der Waals surface area contributed by atoms with Crippen molar-refractivity contribution in [2.24, 2.45) is 19.1 Å². The fraction of sp³-hybridized carbons (Fsp3) is 0.333. The first kappa shape index (κ1) is 21.7. The molecule has 0 fully saturated rings. The maximum Gasteiger partial charge on any atom is 0.333 e.